The molecule has 1 aliphatic carbocycles. The number of carboxylic acids is 1. The molecule has 6 heteroatoms. The van der Waals surface area contributed by atoms with Crippen molar-refractivity contribution in [3.63, 3.8) is 0 Å². The fourth-order valence-corrected chi connectivity index (χ4v) is 5.87. The van der Waals surface area contributed by atoms with Gasteiger partial charge in [-0.3, -0.25) is 14.7 Å². The Kier molecular flexibility index (Phi) is 6.53. The molecule has 2 N–H and O–H groups in total. The molecule has 34 heavy (non-hydrogen) atoms. The fraction of sp³-hybridized carbons (Fsp3) is 0.429. The Bertz CT molecular complexity index is 1160. The van der Waals surface area contributed by atoms with E-state index in [0.29, 0.717) is 25.4 Å². The molecule has 0 amide bonds. The molecule has 1 fully saturated rings. The van der Waals surface area contributed by atoms with Crippen molar-refractivity contribution in [3.05, 3.63) is 71.4 Å². The van der Waals surface area contributed by atoms with Crippen LogP contribution >= 0.6 is 0 Å². The number of carboxylic acid groups (broad SMARTS) is 1. The topological polar surface area (TPSA) is 82.9 Å². The fourth-order valence-electron chi connectivity index (χ4n) is 5.87. The van der Waals surface area contributed by atoms with Crippen molar-refractivity contribution in [1.29, 1.82) is 0 Å². The quantitative estimate of drug-likeness (QED) is 0.549. The van der Waals surface area contributed by atoms with Crippen LogP contribution in [-0.2, 0) is 17.6 Å². The second kappa shape index (κ2) is 9.72. The van der Waals surface area contributed by atoms with Crippen molar-refractivity contribution in [3.8, 4) is 5.75 Å². The number of ether oxygens (including phenoxy) is 1. The third-order valence-corrected chi connectivity index (χ3v) is 7.80. The number of rotatable bonds is 7. The molecule has 2 aliphatic rings. The molecular weight excluding hydrogens is 428 g/mol. The highest BCUT2D eigenvalue weighted by molar-refractivity contribution is 5.83. The first kappa shape index (κ1) is 22.8. The average Bonchev–Trinajstić information content (AvgIpc) is 3.30. The van der Waals surface area contributed by atoms with Crippen LogP contribution in [0.25, 0.3) is 10.9 Å². The third-order valence-electron chi connectivity index (χ3n) is 7.80. The van der Waals surface area contributed by atoms with E-state index in [9.17, 15) is 15.0 Å². The smallest absolute Gasteiger partial charge is 0.308 e. The number of aliphatic carboxylic acids is 1. The van der Waals surface area contributed by atoms with E-state index < -0.39 is 18.0 Å². The third kappa shape index (κ3) is 4.52. The first-order valence-electron chi connectivity index (χ1n) is 12.2. The maximum absolute atomic E-state index is 12.2. The predicted molar refractivity (Wildman–Crippen MR) is 131 cm³/mol. The van der Waals surface area contributed by atoms with E-state index in [1.807, 2.05) is 24.3 Å². The van der Waals surface area contributed by atoms with Gasteiger partial charge in [0.05, 0.1) is 24.6 Å². The Hall–Kier alpha value is -2.96. The molecule has 0 spiro atoms. The van der Waals surface area contributed by atoms with Crippen molar-refractivity contribution in [2.45, 2.75) is 44.2 Å². The summed E-state index contributed by atoms with van der Waals surface area (Å²) in [6.07, 6.45) is 5.11. The number of hydrogen-bond donors (Lipinski definition) is 2. The summed E-state index contributed by atoms with van der Waals surface area (Å²) in [6, 6.07) is 16.4. The Morgan fingerprint density at radius 3 is 2.65 bits per heavy atom. The van der Waals surface area contributed by atoms with Gasteiger partial charge in [0, 0.05) is 24.2 Å². The molecule has 178 valence electrons. The summed E-state index contributed by atoms with van der Waals surface area (Å²) in [7, 11) is 1.62. The minimum Gasteiger partial charge on any atom is -0.497 e. The maximum atomic E-state index is 12.2. The number of aliphatic hydroxyl groups excluding tert-OH is 1. The normalized spacial score (nSPS) is 21.9. The van der Waals surface area contributed by atoms with Gasteiger partial charge >= 0.3 is 5.97 Å². The lowest BCUT2D eigenvalue weighted by atomic mass is 9.80. The van der Waals surface area contributed by atoms with Gasteiger partial charge in [-0.05, 0) is 85.5 Å². The van der Waals surface area contributed by atoms with Crippen LogP contribution < -0.4 is 4.74 Å². The van der Waals surface area contributed by atoms with Crippen LogP contribution in [0.15, 0.2) is 54.7 Å². The first-order valence-corrected chi connectivity index (χ1v) is 12.2. The Morgan fingerprint density at radius 2 is 1.94 bits per heavy atom. The maximum Gasteiger partial charge on any atom is 0.308 e. The number of pyridine rings is 1. The van der Waals surface area contributed by atoms with Gasteiger partial charge in [-0.15, -0.1) is 0 Å². The minimum absolute atomic E-state index is 0.0646. The van der Waals surface area contributed by atoms with Gasteiger partial charge in [0.2, 0.25) is 0 Å². The zero-order valence-electron chi connectivity index (χ0n) is 19.6. The van der Waals surface area contributed by atoms with Crippen LogP contribution in [0.1, 0.15) is 42.1 Å². The minimum atomic E-state index is -0.723. The molecule has 0 saturated carbocycles. The van der Waals surface area contributed by atoms with E-state index in [0.717, 1.165) is 48.0 Å². The summed E-state index contributed by atoms with van der Waals surface area (Å²) in [5.74, 6) is -0.339. The van der Waals surface area contributed by atoms with Gasteiger partial charge in [-0.1, -0.05) is 24.3 Å². The molecule has 1 saturated heterocycles. The molecule has 5 rings (SSSR count). The number of aromatic nitrogens is 1. The highest BCUT2D eigenvalue weighted by Crippen LogP contribution is 2.36. The van der Waals surface area contributed by atoms with E-state index >= 15 is 0 Å². The lowest BCUT2D eigenvalue weighted by Gasteiger charge is -2.40. The molecule has 2 heterocycles. The largest absolute Gasteiger partial charge is 0.497 e. The molecule has 6 nitrogen and oxygen atoms in total. The zero-order valence-corrected chi connectivity index (χ0v) is 19.6. The molecule has 1 aromatic heterocycles. The Balaban J connectivity index is 1.24. The van der Waals surface area contributed by atoms with Gasteiger partial charge in [-0.25, -0.2) is 0 Å². The number of methoxy groups -OCH3 is 1. The highest BCUT2D eigenvalue weighted by atomic mass is 16.5. The standard InChI is InChI=1S/C28H32N2O4/c1-34-22-7-8-26-24(16-22)23(10-12-29-26)27(31)9-6-18-11-13-30(17-25(18)28(32)33)21-14-19-4-2-3-5-20(19)15-21/h2-5,7-8,10,12,16,18,21,25,27,31H,6,9,11,13-15,17H2,1H3,(H,32,33)/t18-,25+,27?/m1/s1. The summed E-state index contributed by atoms with van der Waals surface area (Å²) in [5, 5.41) is 21.9. The van der Waals surface area contributed by atoms with Crippen molar-refractivity contribution < 1.29 is 19.7 Å². The Morgan fingerprint density at radius 1 is 1.18 bits per heavy atom. The number of nitrogens with zero attached hydrogens (tertiary/aromatic N) is 2. The second-order valence-corrected chi connectivity index (χ2v) is 9.70. The second-order valence-electron chi connectivity index (χ2n) is 9.70. The van der Waals surface area contributed by atoms with E-state index in [1.165, 1.54) is 11.1 Å². The monoisotopic (exact) mass is 460 g/mol. The van der Waals surface area contributed by atoms with E-state index in [4.69, 9.17) is 4.74 Å². The average molecular weight is 461 g/mol. The number of carbonyl (C=O) groups is 1. The van der Waals surface area contributed by atoms with E-state index in [2.05, 4.69) is 34.1 Å². The summed E-state index contributed by atoms with van der Waals surface area (Å²) in [5.41, 5.74) is 4.42. The van der Waals surface area contributed by atoms with Crippen LogP contribution in [-0.4, -0.2) is 52.3 Å². The molecule has 1 aliphatic heterocycles. The summed E-state index contributed by atoms with van der Waals surface area (Å²) < 4.78 is 5.35. The van der Waals surface area contributed by atoms with Gasteiger partial charge in [0.25, 0.3) is 0 Å². The summed E-state index contributed by atoms with van der Waals surface area (Å²) >= 11 is 0. The summed E-state index contributed by atoms with van der Waals surface area (Å²) in [6.45, 7) is 1.50. The molecule has 0 radical (unpaired) electrons. The van der Waals surface area contributed by atoms with Crippen LogP contribution in [0.5, 0.6) is 5.75 Å². The predicted octanol–water partition coefficient (Wildman–Crippen LogP) is 4.25. The highest BCUT2D eigenvalue weighted by Gasteiger charge is 2.38. The van der Waals surface area contributed by atoms with Crippen molar-refractivity contribution in [2.75, 3.05) is 20.2 Å². The first-order chi connectivity index (χ1) is 16.5. The lowest BCUT2D eigenvalue weighted by molar-refractivity contribution is -0.146. The van der Waals surface area contributed by atoms with Crippen molar-refractivity contribution in [1.82, 2.24) is 9.88 Å². The van der Waals surface area contributed by atoms with Crippen LogP contribution in [0.4, 0.5) is 0 Å². The molecular formula is C28H32N2O4. The van der Waals surface area contributed by atoms with Crippen molar-refractivity contribution in [2.24, 2.45) is 11.8 Å². The zero-order chi connectivity index (χ0) is 23.7. The molecule has 2 aromatic carbocycles. The number of hydrogen-bond acceptors (Lipinski definition) is 5. The van der Waals surface area contributed by atoms with Gasteiger partial charge in [0.15, 0.2) is 0 Å². The summed E-state index contributed by atoms with van der Waals surface area (Å²) in [4.78, 5) is 19.0. The van der Waals surface area contributed by atoms with Crippen LogP contribution in [0, 0.1) is 11.8 Å². The van der Waals surface area contributed by atoms with Crippen LogP contribution in [0.2, 0.25) is 0 Å². The van der Waals surface area contributed by atoms with Gasteiger partial charge in [-0.2, -0.15) is 0 Å². The molecule has 0 bridgehead atoms. The number of piperidine rings is 1. The van der Waals surface area contributed by atoms with E-state index in [1.54, 1.807) is 13.3 Å². The van der Waals surface area contributed by atoms with Gasteiger partial charge in [0.1, 0.15) is 5.75 Å². The van der Waals surface area contributed by atoms with E-state index in [-0.39, 0.29) is 5.92 Å². The van der Waals surface area contributed by atoms with Crippen LogP contribution in [0.3, 0.4) is 0 Å². The van der Waals surface area contributed by atoms with Gasteiger partial charge < -0.3 is 14.9 Å². The molecule has 1 unspecified atom stereocenters. The molecule has 3 atom stereocenters. The molecule has 3 aromatic rings. The van der Waals surface area contributed by atoms with Crippen molar-refractivity contribution >= 4 is 16.9 Å². The number of aliphatic hydroxyl groups is 1. The SMILES string of the molecule is COc1ccc2nccc(C(O)CC[C@@H]3CCN(C4Cc5ccccc5C4)C[C@@H]3C(=O)O)c2c1. The number of benzene rings is 2. The number of likely N-dealkylation sites (tertiary alicyclic amines) is 1. The Labute approximate surface area is 200 Å². The number of fused-ring (bicyclic) bond motifs is 2. The lowest BCUT2D eigenvalue weighted by Crippen LogP contribution is -2.48.